The summed E-state index contributed by atoms with van der Waals surface area (Å²) in [6.07, 6.45) is 17.1. The van der Waals surface area contributed by atoms with Crippen LogP contribution in [0.1, 0.15) is 106 Å². The lowest BCUT2D eigenvalue weighted by atomic mass is 9.47. The fourth-order valence-electron chi connectivity index (χ4n) is 9.68. The number of pyridine rings is 1. The van der Waals surface area contributed by atoms with Gasteiger partial charge >= 0.3 is 5.97 Å². The van der Waals surface area contributed by atoms with Gasteiger partial charge in [0.05, 0.1) is 0 Å². The van der Waals surface area contributed by atoms with E-state index in [2.05, 4.69) is 18.8 Å². The highest BCUT2D eigenvalue weighted by atomic mass is 16.5. The maximum Gasteiger partial charge on any atom is 0.305 e. The number of phenolic OH excluding ortho intramolecular Hbond substituents is 1. The molecule has 2 aromatic rings. The van der Waals surface area contributed by atoms with Crippen molar-refractivity contribution in [2.45, 2.75) is 104 Å². The summed E-state index contributed by atoms with van der Waals surface area (Å²) in [5.74, 6) is 2.81. The van der Waals surface area contributed by atoms with Crippen LogP contribution < -0.4 is 0 Å². The topological polar surface area (TPSA) is 93.6 Å². The smallest absolute Gasteiger partial charge is 0.305 e. The largest absolute Gasteiger partial charge is 0.508 e. The molecule has 1 N–H and O–H groups in total. The molecule has 0 saturated heterocycles. The Hall–Kier alpha value is -3.28. The third-order valence-corrected chi connectivity index (χ3v) is 12.2. The van der Waals surface area contributed by atoms with Crippen molar-refractivity contribution >= 4 is 17.5 Å². The Kier molecular flexibility index (Phi) is 8.56. The van der Waals surface area contributed by atoms with Crippen LogP contribution in [0.5, 0.6) is 5.75 Å². The van der Waals surface area contributed by atoms with Crippen molar-refractivity contribution in [2.75, 3.05) is 0 Å². The summed E-state index contributed by atoms with van der Waals surface area (Å²) in [6, 6.07) is 9.10. The van der Waals surface area contributed by atoms with Gasteiger partial charge in [0.1, 0.15) is 11.9 Å². The summed E-state index contributed by atoms with van der Waals surface area (Å²) in [5.41, 5.74) is 4.45. The maximum atomic E-state index is 12.4. The summed E-state index contributed by atoms with van der Waals surface area (Å²) in [7, 11) is 0. The van der Waals surface area contributed by atoms with E-state index in [1.165, 1.54) is 24.8 Å². The van der Waals surface area contributed by atoms with Gasteiger partial charge in [0.25, 0.3) is 0 Å². The average Bonchev–Trinajstić information content (AvgIpc) is 3.35. The van der Waals surface area contributed by atoms with Gasteiger partial charge in [0.15, 0.2) is 11.6 Å². The van der Waals surface area contributed by atoms with Crippen LogP contribution in [0.2, 0.25) is 0 Å². The molecule has 1 unspecified atom stereocenters. The monoisotopic (exact) mass is 597 g/mol. The standard InChI is InChI=1S/C22H32O3.C16H15NO2/c1-4-20(24)25-19-8-7-17-16-6-5-14-13-15(23)9-11-21(14,2)18(16)10-12-22(17,19)3;18-15-3-1-2-14-13(15)5-4-12(16(14)19)10-11-6-8-17-9-7-11/h13,16-19H,4-12H2,1-3H3;1-3,6-9,12,18H,4-5,10H2/t16-,17-,18-,19-,21-,22-;/m0./s1. The Morgan fingerprint density at radius 3 is 2.52 bits per heavy atom. The van der Waals surface area contributed by atoms with E-state index in [1.807, 2.05) is 31.2 Å². The number of nitrogens with zero attached hydrogens (tertiary/aromatic N) is 1. The molecule has 0 aliphatic heterocycles. The lowest BCUT2D eigenvalue weighted by Crippen LogP contribution is -2.51. The number of Topliss-reactive ketones (excluding diaryl/α,β-unsaturated/α-hetero) is 1. The third-order valence-electron chi connectivity index (χ3n) is 12.2. The van der Waals surface area contributed by atoms with Crippen LogP contribution in [0.25, 0.3) is 0 Å². The van der Waals surface area contributed by atoms with Gasteiger partial charge in [0, 0.05) is 47.7 Å². The number of esters is 1. The van der Waals surface area contributed by atoms with Gasteiger partial charge in [-0.15, -0.1) is 0 Å². The molecule has 7 rings (SSSR count). The molecule has 3 saturated carbocycles. The highest BCUT2D eigenvalue weighted by Gasteiger charge is 2.59. The highest BCUT2D eigenvalue weighted by molar-refractivity contribution is 6.01. The molecule has 1 aromatic heterocycles. The number of ether oxygens (including phenoxy) is 1. The zero-order valence-electron chi connectivity index (χ0n) is 26.5. The van der Waals surface area contributed by atoms with Gasteiger partial charge in [-0.25, -0.2) is 0 Å². The molecule has 5 aliphatic rings. The molecule has 0 amide bonds. The van der Waals surface area contributed by atoms with Gasteiger partial charge in [-0.2, -0.15) is 0 Å². The van der Waals surface area contributed by atoms with Crippen molar-refractivity contribution in [1.82, 2.24) is 4.98 Å². The minimum absolute atomic E-state index is 0.0108. The number of hydrogen-bond donors (Lipinski definition) is 1. The first-order valence-electron chi connectivity index (χ1n) is 16.8. The first-order chi connectivity index (χ1) is 21.1. The summed E-state index contributed by atoms with van der Waals surface area (Å²) < 4.78 is 5.86. The zero-order valence-corrected chi connectivity index (χ0v) is 26.5. The van der Waals surface area contributed by atoms with Crippen molar-refractivity contribution in [3.8, 4) is 5.75 Å². The number of ketones is 2. The highest BCUT2D eigenvalue weighted by Crippen LogP contribution is 2.65. The molecular formula is C38H47NO5. The van der Waals surface area contributed by atoms with Crippen LogP contribution >= 0.6 is 0 Å². The molecule has 234 valence electrons. The zero-order chi connectivity index (χ0) is 31.1. The molecule has 6 heteroatoms. The van der Waals surface area contributed by atoms with Crippen molar-refractivity contribution in [2.24, 2.45) is 34.5 Å². The maximum absolute atomic E-state index is 12.4. The normalized spacial score (nSPS) is 33.9. The Bertz CT molecular complexity index is 1450. The first-order valence-corrected chi connectivity index (χ1v) is 16.8. The van der Waals surface area contributed by atoms with Gasteiger partial charge in [-0.05, 0) is 117 Å². The van der Waals surface area contributed by atoms with Gasteiger partial charge in [0.2, 0.25) is 0 Å². The quantitative estimate of drug-likeness (QED) is 0.365. The molecule has 0 radical (unpaired) electrons. The molecule has 6 nitrogen and oxygen atoms in total. The van der Waals surface area contributed by atoms with Crippen LogP contribution in [-0.2, 0) is 27.2 Å². The Balaban J connectivity index is 0.000000162. The number of hydrogen-bond acceptors (Lipinski definition) is 6. The number of carbonyl (C=O) groups excluding carboxylic acids is 3. The second-order valence-electron chi connectivity index (χ2n) is 14.4. The number of benzene rings is 1. The van der Waals surface area contributed by atoms with E-state index in [0.717, 1.165) is 68.4 Å². The molecule has 44 heavy (non-hydrogen) atoms. The van der Waals surface area contributed by atoms with Crippen molar-refractivity contribution in [3.05, 3.63) is 71.1 Å². The number of carbonyl (C=O) groups is 3. The predicted molar refractivity (Wildman–Crippen MR) is 169 cm³/mol. The lowest BCUT2D eigenvalue weighted by molar-refractivity contribution is -0.159. The number of allylic oxidation sites excluding steroid dienone is 1. The molecule has 1 heterocycles. The minimum Gasteiger partial charge on any atom is -0.508 e. The second kappa shape index (κ2) is 12.3. The molecule has 5 aliphatic carbocycles. The minimum atomic E-state index is -0.0411. The van der Waals surface area contributed by atoms with Crippen molar-refractivity contribution in [3.63, 3.8) is 0 Å². The Labute approximate surface area is 261 Å². The number of phenols is 1. The van der Waals surface area contributed by atoms with Gasteiger partial charge in [-0.1, -0.05) is 38.5 Å². The lowest BCUT2D eigenvalue weighted by Gasteiger charge is -2.57. The average molecular weight is 598 g/mol. The fourth-order valence-corrected chi connectivity index (χ4v) is 9.68. The van der Waals surface area contributed by atoms with E-state index < -0.39 is 0 Å². The number of aromatic hydroxyl groups is 1. The van der Waals surface area contributed by atoms with Gasteiger partial charge in [-0.3, -0.25) is 19.4 Å². The van der Waals surface area contributed by atoms with Crippen molar-refractivity contribution in [1.29, 1.82) is 0 Å². The summed E-state index contributed by atoms with van der Waals surface area (Å²) in [4.78, 5) is 40.2. The summed E-state index contributed by atoms with van der Waals surface area (Å²) >= 11 is 0. The molecule has 0 spiro atoms. The molecule has 3 fully saturated rings. The molecule has 1 aromatic carbocycles. The fraction of sp³-hybridized carbons (Fsp3) is 0.579. The Morgan fingerprint density at radius 2 is 1.75 bits per heavy atom. The summed E-state index contributed by atoms with van der Waals surface area (Å²) in [5, 5.41) is 9.79. The molecular weight excluding hydrogens is 550 g/mol. The van der Waals surface area contributed by atoms with E-state index in [4.69, 9.17) is 4.74 Å². The number of fused-ring (bicyclic) bond motifs is 6. The van der Waals surface area contributed by atoms with E-state index >= 15 is 0 Å². The first kappa shape index (κ1) is 30.7. The number of rotatable bonds is 4. The second-order valence-corrected chi connectivity index (χ2v) is 14.4. The van der Waals surface area contributed by atoms with E-state index in [-0.39, 0.29) is 40.4 Å². The van der Waals surface area contributed by atoms with Crippen LogP contribution in [-0.4, -0.2) is 33.7 Å². The third kappa shape index (κ3) is 5.54. The molecule has 0 bridgehead atoms. The van der Waals surface area contributed by atoms with E-state index in [0.29, 0.717) is 29.6 Å². The van der Waals surface area contributed by atoms with Crippen LogP contribution in [0.3, 0.4) is 0 Å². The Morgan fingerprint density at radius 1 is 0.955 bits per heavy atom. The predicted octanol–water partition coefficient (Wildman–Crippen LogP) is 7.62. The summed E-state index contributed by atoms with van der Waals surface area (Å²) in [6.45, 7) is 6.69. The van der Waals surface area contributed by atoms with E-state index in [9.17, 15) is 19.5 Å². The number of aromatic nitrogens is 1. The van der Waals surface area contributed by atoms with E-state index in [1.54, 1.807) is 24.5 Å². The molecule has 7 atom stereocenters. The van der Waals surface area contributed by atoms with Crippen LogP contribution in [0, 0.1) is 34.5 Å². The van der Waals surface area contributed by atoms with Gasteiger partial charge < -0.3 is 9.84 Å². The van der Waals surface area contributed by atoms with Crippen LogP contribution in [0.4, 0.5) is 0 Å². The van der Waals surface area contributed by atoms with Crippen molar-refractivity contribution < 1.29 is 24.2 Å². The SMILES string of the molecule is CCC(=O)O[C@H]1CC[C@H]2[C@@H]3CCC4=CC(=O)CC[C@]4(C)[C@H]3CC[C@]12C.O=C1c2cccc(O)c2CCC1Cc1ccncc1. The van der Waals surface area contributed by atoms with Crippen LogP contribution in [0.15, 0.2) is 54.4 Å².